The van der Waals surface area contributed by atoms with Crippen molar-refractivity contribution in [3.63, 3.8) is 0 Å². The number of carbonyl (C=O) groups excluding carboxylic acids is 2. The fourth-order valence-electron chi connectivity index (χ4n) is 2.85. The molecule has 1 saturated carbocycles. The van der Waals surface area contributed by atoms with E-state index in [1.165, 1.54) is 24.6 Å². The Balaban J connectivity index is 1.53. The molecule has 1 aromatic carbocycles. The van der Waals surface area contributed by atoms with E-state index in [2.05, 4.69) is 15.6 Å². The molecule has 1 aliphatic heterocycles. The number of anilines is 1. The van der Waals surface area contributed by atoms with E-state index in [4.69, 9.17) is 4.74 Å². The van der Waals surface area contributed by atoms with Crippen molar-refractivity contribution < 1.29 is 14.3 Å². The lowest BCUT2D eigenvalue weighted by molar-refractivity contribution is -0.122. The number of carbonyl (C=O) groups is 2. The fraction of sp³-hybridized carbons (Fsp3) is 0.471. The van der Waals surface area contributed by atoms with E-state index in [9.17, 15) is 9.59 Å². The van der Waals surface area contributed by atoms with Crippen LogP contribution in [0.5, 0.6) is 5.75 Å². The van der Waals surface area contributed by atoms with Crippen molar-refractivity contribution in [2.75, 3.05) is 12.4 Å². The maximum atomic E-state index is 12.1. The Hall–Kier alpha value is -2.02. The highest BCUT2D eigenvalue weighted by atomic mass is 32.2. The maximum absolute atomic E-state index is 12.1. The number of rotatable bonds is 5. The first-order valence-electron chi connectivity index (χ1n) is 8.13. The molecule has 1 heterocycles. The van der Waals surface area contributed by atoms with Crippen LogP contribution in [-0.4, -0.2) is 35.4 Å². The number of hydrogen-bond acceptors (Lipinski definition) is 5. The first-order chi connectivity index (χ1) is 11.6. The molecule has 0 radical (unpaired) electrons. The number of methoxy groups -OCH3 is 1. The normalized spacial score (nSPS) is 22.6. The van der Waals surface area contributed by atoms with E-state index in [1.54, 1.807) is 31.4 Å². The average molecular weight is 347 g/mol. The van der Waals surface area contributed by atoms with Crippen LogP contribution < -0.4 is 15.4 Å². The van der Waals surface area contributed by atoms with Gasteiger partial charge in [-0.2, -0.15) is 0 Å². The van der Waals surface area contributed by atoms with Gasteiger partial charge in [0.1, 0.15) is 11.0 Å². The van der Waals surface area contributed by atoms with E-state index in [0.29, 0.717) is 16.9 Å². The van der Waals surface area contributed by atoms with E-state index in [0.717, 1.165) is 18.6 Å². The monoisotopic (exact) mass is 347 g/mol. The van der Waals surface area contributed by atoms with Gasteiger partial charge in [-0.05, 0) is 37.1 Å². The molecule has 1 unspecified atom stereocenters. The number of thioether (sulfide) groups is 1. The number of amides is 2. The molecule has 24 heavy (non-hydrogen) atoms. The van der Waals surface area contributed by atoms with Gasteiger partial charge in [0.25, 0.3) is 0 Å². The molecule has 128 valence electrons. The third-order valence-corrected chi connectivity index (χ3v) is 5.24. The minimum atomic E-state index is -0.414. The van der Waals surface area contributed by atoms with Gasteiger partial charge in [0, 0.05) is 12.1 Å². The van der Waals surface area contributed by atoms with Gasteiger partial charge in [-0.15, -0.1) is 0 Å². The predicted molar refractivity (Wildman–Crippen MR) is 95.5 cm³/mol. The largest absolute Gasteiger partial charge is 0.497 e. The molecule has 0 spiro atoms. The van der Waals surface area contributed by atoms with E-state index in [-0.39, 0.29) is 18.2 Å². The first kappa shape index (κ1) is 16.8. The summed E-state index contributed by atoms with van der Waals surface area (Å²) in [5, 5.41) is 5.84. The summed E-state index contributed by atoms with van der Waals surface area (Å²) in [6.07, 6.45) is 4.71. The molecule has 2 fully saturated rings. The SMILES string of the molecule is COc1ccc(NC(=O)CC2SC(=NC3CCCC3)NC2=O)cc1. The van der Waals surface area contributed by atoms with Gasteiger partial charge in [-0.25, -0.2) is 0 Å². The summed E-state index contributed by atoms with van der Waals surface area (Å²) in [6.45, 7) is 0. The lowest BCUT2D eigenvalue weighted by atomic mass is 10.2. The number of hydrogen-bond donors (Lipinski definition) is 2. The van der Waals surface area contributed by atoms with Gasteiger partial charge in [-0.1, -0.05) is 24.6 Å². The number of amidine groups is 1. The summed E-state index contributed by atoms with van der Waals surface area (Å²) in [7, 11) is 1.59. The van der Waals surface area contributed by atoms with E-state index in [1.807, 2.05) is 0 Å². The zero-order valence-corrected chi connectivity index (χ0v) is 14.4. The second kappa shape index (κ2) is 7.70. The van der Waals surface area contributed by atoms with Crippen LogP contribution in [0.3, 0.4) is 0 Å². The molecule has 6 nitrogen and oxygen atoms in total. The number of nitrogens with zero attached hydrogens (tertiary/aromatic N) is 1. The Labute approximate surface area is 145 Å². The van der Waals surface area contributed by atoms with Crippen LogP contribution in [0.1, 0.15) is 32.1 Å². The van der Waals surface area contributed by atoms with Gasteiger partial charge in [0.15, 0.2) is 5.17 Å². The number of ether oxygens (including phenoxy) is 1. The van der Waals surface area contributed by atoms with Gasteiger partial charge < -0.3 is 15.4 Å². The summed E-state index contributed by atoms with van der Waals surface area (Å²) in [5.74, 6) is 0.406. The van der Waals surface area contributed by atoms with E-state index < -0.39 is 5.25 Å². The smallest absolute Gasteiger partial charge is 0.240 e. The summed E-state index contributed by atoms with van der Waals surface area (Å²) < 4.78 is 5.08. The number of benzene rings is 1. The molecule has 1 aromatic rings. The third kappa shape index (κ3) is 4.29. The minimum absolute atomic E-state index is 0.131. The fourth-order valence-corrected chi connectivity index (χ4v) is 3.89. The standard InChI is InChI=1S/C17H21N3O3S/c1-23-13-8-6-12(7-9-13)18-15(21)10-14-16(22)20-17(24-14)19-11-4-2-3-5-11/h6-9,11,14H,2-5,10H2,1H3,(H,18,21)(H,19,20,22). The van der Waals surface area contributed by atoms with Crippen molar-refractivity contribution in [2.24, 2.45) is 4.99 Å². The van der Waals surface area contributed by atoms with Crippen LogP contribution in [0.4, 0.5) is 5.69 Å². The van der Waals surface area contributed by atoms with Crippen molar-refractivity contribution in [3.05, 3.63) is 24.3 Å². The summed E-state index contributed by atoms with van der Waals surface area (Å²) in [5.41, 5.74) is 0.684. The zero-order chi connectivity index (χ0) is 16.9. The zero-order valence-electron chi connectivity index (χ0n) is 13.6. The van der Waals surface area contributed by atoms with Crippen molar-refractivity contribution in [2.45, 2.75) is 43.4 Å². The van der Waals surface area contributed by atoms with Crippen LogP contribution in [-0.2, 0) is 9.59 Å². The highest BCUT2D eigenvalue weighted by Crippen LogP contribution is 2.27. The van der Waals surface area contributed by atoms with Gasteiger partial charge in [-0.3, -0.25) is 14.6 Å². The molecule has 1 atom stereocenters. The molecular formula is C17H21N3O3S. The van der Waals surface area contributed by atoms with Crippen LogP contribution in [0.15, 0.2) is 29.3 Å². The Bertz CT molecular complexity index is 639. The highest BCUT2D eigenvalue weighted by Gasteiger charge is 2.32. The maximum Gasteiger partial charge on any atom is 0.240 e. The van der Waals surface area contributed by atoms with Crippen molar-refractivity contribution >= 4 is 34.4 Å². The molecule has 2 N–H and O–H groups in total. The summed E-state index contributed by atoms with van der Waals surface area (Å²) >= 11 is 1.36. The van der Waals surface area contributed by atoms with Crippen molar-refractivity contribution in [1.29, 1.82) is 0 Å². The highest BCUT2D eigenvalue weighted by molar-refractivity contribution is 8.15. The van der Waals surface area contributed by atoms with Crippen molar-refractivity contribution in [1.82, 2.24) is 5.32 Å². The van der Waals surface area contributed by atoms with Gasteiger partial charge >= 0.3 is 0 Å². The quantitative estimate of drug-likeness (QED) is 0.858. The molecule has 2 amide bonds. The molecule has 3 rings (SSSR count). The Morgan fingerprint density at radius 3 is 2.71 bits per heavy atom. The first-order valence-corrected chi connectivity index (χ1v) is 9.01. The lowest BCUT2D eigenvalue weighted by Crippen LogP contribution is -2.28. The van der Waals surface area contributed by atoms with Crippen molar-refractivity contribution in [3.8, 4) is 5.75 Å². The van der Waals surface area contributed by atoms with Gasteiger partial charge in [0.2, 0.25) is 11.8 Å². The molecule has 1 aliphatic carbocycles. The molecule has 0 bridgehead atoms. The molecule has 7 heteroatoms. The second-order valence-electron chi connectivity index (χ2n) is 5.95. The molecule has 2 aliphatic rings. The van der Waals surface area contributed by atoms with E-state index >= 15 is 0 Å². The Kier molecular flexibility index (Phi) is 5.40. The van der Waals surface area contributed by atoms with Crippen LogP contribution in [0.25, 0.3) is 0 Å². The Morgan fingerprint density at radius 2 is 2.04 bits per heavy atom. The molecule has 0 aromatic heterocycles. The number of nitrogens with one attached hydrogen (secondary N) is 2. The third-order valence-electron chi connectivity index (χ3n) is 4.15. The topological polar surface area (TPSA) is 79.8 Å². The van der Waals surface area contributed by atoms with Gasteiger partial charge in [0.05, 0.1) is 13.2 Å². The number of aliphatic imine (C=N–C) groups is 1. The molecule has 1 saturated heterocycles. The minimum Gasteiger partial charge on any atom is -0.497 e. The van der Waals surface area contributed by atoms with Crippen LogP contribution >= 0.6 is 11.8 Å². The molecular weight excluding hydrogens is 326 g/mol. The Morgan fingerprint density at radius 1 is 1.33 bits per heavy atom. The summed E-state index contributed by atoms with van der Waals surface area (Å²) in [6, 6.07) is 7.41. The summed E-state index contributed by atoms with van der Waals surface area (Å²) in [4.78, 5) is 28.8. The predicted octanol–water partition coefficient (Wildman–Crippen LogP) is 2.55. The average Bonchev–Trinajstić information content (AvgIpc) is 3.19. The van der Waals surface area contributed by atoms with Crippen LogP contribution in [0.2, 0.25) is 0 Å². The lowest BCUT2D eigenvalue weighted by Gasteiger charge is -2.08. The van der Waals surface area contributed by atoms with Crippen LogP contribution in [0, 0.1) is 0 Å². The second-order valence-corrected chi connectivity index (χ2v) is 7.14.